The van der Waals surface area contributed by atoms with E-state index in [2.05, 4.69) is 5.32 Å². The summed E-state index contributed by atoms with van der Waals surface area (Å²) in [6.07, 6.45) is 6.57. The summed E-state index contributed by atoms with van der Waals surface area (Å²) in [4.78, 5) is 12.6. The molecule has 144 valence electrons. The molecule has 1 saturated carbocycles. The van der Waals surface area contributed by atoms with E-state index in [1.807, 2.05) is 0 Å². The van der Waals surface area contributed by atoms with Crippen LogP contribution in [0, 0.1) is 0 Å². The first-order valence-electron chi connectivity index (χ1n) is 9.44. The molecule has 2 fully saturated rings. The number of benzene rings is 1. The van der Waals surface area contributed by atoms with Crippen LogP contribution in [-0.4, -0.2) is 51.0 Å². The topological polar surface area (TPSA) is 75.7 Å². The van der Waals surface area contributed by atoms with Crippen LogP contribution in [0.3, 0.4) is 0 Å². The predicted octanol–water partition coefficient (Wildman–Crippen LogP) is 2.55. The number of carbonyl (C=O) groups is 1. The average Bonchev–Trinajstić information content (AvgIpc) is 2.63. The first-order valence-corrected chi connectivity index (χ1v) is 10.9. The summed E-state index contributed by atoms with van der Waals surface area (Å²) in [7, 11) is -1.99. The zero-order valence-corrected chi connectivity index (χ0v) is 16.1. The fraction of sp³-hybridized carbons (Fsp3) is 0.632. The Labute approximate surface area is 156 Å². The van der Waals surface area contributed by atoms with Gasteiger partial charge in [0.05, 0.1) is 4.90 Å². The van der Waals surface area contributed by atoms with Crippen LogP contribution in [0.5, 0.6) is 0 Å². The van der Waals surface area contributed by atoms with Gasteiger partial charge in [0.2, 0.25) is 10.0 Å². The van der Waals surface area contributed by atoms with E-state index in [-0.39, 0.29) is 22.9 Å². The lowest BCUT2D eigenvalue weighted by Crippen LogP contribution is -2.44. The summed E-state index contributed by atoms with van der Waals surface area (Å²) in [6, 6.07) is 6.59. The van der Waals surface area contributed by atoms with Crippen molar-refractivity contribution in [2.24, 2.45) is 0 Å². The molecule has 3 rings (SSSR count). The molecule has 1 aromatic carbocycles. The first-order chi connectivity index (χ1) is 12.5. The monoisotopic (exact) mass is 380 g/mol. The molecule has 1 amide bonds. The van der Waals surface area contributed by atoms with Crippen molar-refractivity contribution >= 4 is 15.9 Å². The Balaban J connectivity index is 1.79. The van der Waals surface area contributed by atoms with Gasteiger partial charge in [0, 0.05) is 37.9 Å². The molecule has 1 saturated heterocycles. The van der Waals surface area contributed by atoms with Crippen molar-refractivity contribution in [2.75, 3.05) is 20.3 Å². The highest BCUT2D eigenvalue weighted by Crippen LogP contribution is 2.27. The van der Waals surface area contributed by atoms with Crippen LogP contribution >= 0.6 is 0 Å². The molecule has 0 radical (unpaired) electrons. The van der Waals surface area contributed by atoms with Crippen LogP contribution in [0.2, 0.25) is 0 Å². The van der Waals surface area contributed by atoms with Gasteiger partial charge in [-0.25, -0.2) is 8.42 Å². The molecule has 2 aliphatic rings. The summed E-state index contributed by atoms with van der Waals surface area (Å²) < 4.78 is 33.1. The number of nitrogens with one attached hydrogen (secondary N) is 1. The smallest absolute Gasteiger partial charge is 0.251 e. The lowest BCUT2D eigenvalue weighted by molar-refractivity contribution is 0.0916. The first kappa shape index (κ1) is 19.3. The Hall–Kier alpha value is -1.44. The Bertz CT molecular complexity index is 731. The molecule has 0 bridgehead atoms. The van der Waals surface area contributed by atoms with Crippen LogP contribution in [0.1, 0.15) is 55.3 Å². The maximum absolute atomic E-state index is 13.2. The number of piperidine rings is 1. The van der Waals surface area contributed by atoms with Crippen LogP contribution in [0.15, 0.2) is 29.2 Å². The van der Waals surface area contributed by atoms with Gasteiger partial charge in [-0.1, -0.05) is 12.5 Å². The minimum Gasteiger partial charge on any atom is -0.385 e. The van der Waals surface area contributed by atoms with Gasteiger partial charge < -0.3 is 10.1 Å². The van der Waals surface area contributed by atoms with Crippen molar-refractivity contribution in [2.45, 2.75) is 61.9 Å². The van der Waals surface area contributed by atoms with Gasteiger partial charge in [-0.05, 0) is 56.7 Å². The SMILES string of the molecule is COCCC1CCCCN1S(=O)(=O)c1cccc(C(=O)NC2CCC2)c1. The van der Waals surface area contributed by atoms with Crippen molar-refractivity contribution in [1.29, 1.82) is 0 Å². The number of carbonyl (C=O) groups excluding carboxylic acids is 1. The molecule has 1 unspecified atom stereocenters. The van der Waals surface area contributed by atoms with E-state index in [9.17, 15) is 13.2 Å². The van der Waals surface area contributed by atoms with E-state index >= 15 is 0 Å². The maximum Gasteiger partial charge on any atom is 0.251 e. The second kappa shape index (κ2) is 8.50. The molecular formula is C19H28N2O4S. The molecule has 1 aliphatic carbocycles. The fourth-order valence-electron chi connectivity index (χ4n) is 3.59. The van der Waals surface area contributed by atoms with Crippen molar-refractivity contribution in [3.05, 3.63) is 29.8 Å². The average molecular weight is 381 g/mol. The molecule has 1 atom stereocenters. The zero-order valence-electron chi connectivity index (χ0n) is 15.3. The highest BCUT2D eigenvalue weighted by atomic mass is 32.2. The number of nitrogens with zero attached hydrogens (tertiary/aromatic N) is 1. The molecule has 0 aromatic heterocycles. The molecule has 26 heavy (non-hydrogen) atoms. The van der Waals surface area contributed by atoms with Gasteiger partial charge in [0.25, 0.3) is 5.91 Å². The largest absolute Gasteiger partial charge is 0.385 e. The highest BCUT2D eigenvalue weighted by Gasteiger charge is 2.33. The third-order valence-corrected chi connectivity index (χ3v) is 7.32. The van der Waals surface area contributed by atoms with E-state index in [1.165, 1.54) is 6.07 Å². The summed E-state index contributed by atoms with van der Waals surface area (Å²) in [6.45, 7) is 1.07. The Morgan fingerprint density at radius 3 is 2.73 bits per heavy atom. The van der Waals surface area contributed by atoms with Gasteiger partial charge in [-0.3, -0.25) is 4.79 Å². The van der Waals surface area contributed by atoms with E-state index in [0.29, 0.717) is 25.1 Å². The van der Waals surface area contributed by atoms with E-state index < -0.39 is 10.0 Å². The number of sulfonamides is 1. The highest BCUT2D eigenvalue weighted by molar-refractivity contribution is 7.89. The van der Waals surface area contributed by atoms with Crippen molar-refractivity contribution in [1.82, 2.24) is 9.62 Å². The summed E-state index contributed by atoms with van der Waals surface area (Å²) in [5.74, 6) is -0.193. The van der Waals surface area contributed by atoms with E-state index in [1.54, 1.807) is 29.6 Å². The predicted molar refractivity (Wildman–Crippen MR) is 99.6 cm³/mol. The summed E-state index contributed by atoms with van der Waals surface area (Å²) >= 11 is 0. The third-order valence-electron chi connectivity index (χ3n) is 5.37. The number of ether oxygens (including phenoxy) is 1. The van der Waals surface area contributed by atoms with Crippen LogP contribution in [0.4, 0.5) is 0 Å². The van der Waals surface area contributed by atoms with Gasteiger partial charge in [-0.2, -0.15) is 4.31 Å². The van der Waals surface area contributed by atoms with Gasteiger partial charge in [-0.15, -0.1) is 0 Å². The molecular weight excluding hydrogens is 352 g/mol. The van der Waals surface area contributed by atoms with Crippen LogP contribution in [0.25, 0.3) is 0 Å². The standard InChI is InChI=1S/C19H28N2O4S/c1-25-13-11-17-9-2-3-12-21(17)26(23,24)18-10-4-6-15(14-18)19(22)20-16-7-5-8-16/h4,6,10,14,16-17H,2-3,5,7-9,11-13H2,1H3,(H,20,22). The fourth-order valence-corrected chi connectivity index (χ4v) is 5.36. The quantitative estimate of drug-likeness (QED) is 0.789. The normalized spacial score (nSPS) is 22.0. The number of amides is 1. The molecule has 1 heterocycles. The van der Waals surface area contributed by atoms with Crippen molar-refractivity contribution in [3.8, 4) is 0 Å². The lowest BCUT2D eigenvalue weighted by atomic mass is 9.93. The summed E-state index contributed by atoms with van der Waals surface area (Å²) in [5.41, 5.74) is 0.406. The van der Waals surface area contributed by atoms with Gasteiger partial charge in [0.15, 0.2) is 0 Å². The van der Waals surface area contributed by atoms with E-state index in [0.717, 1.165) is 38.5 Å². The maximum atomic E-state index is 13.2. The Kier molecular flexibility index (Phi) is 6.32. The zero-order chi connectivity index (χ0) is 18.6. The molecule has 1 N–H and O–H groups in total. The second-order valence-corrected chi connectivity index (χ2v) is 9.07. The minimum atomic E-state index is -3.62. The van der Waals surface area contributed by atoms with Crippen molar-refractivity contribution < 1.29 is 17.9 Å². The molecule has 0 spiro atoms. The van der Waals surface area contributed by atoms with Gasteiger partial charge in [0.1, 0.15) is 0 Å². The number of methoxy groups -OCH3 is 1. The Morgan fingerprint density at radius 1 is 1.23 bits per heavy atom. The molecule has 1 aromatic rings. The minimum absolute atomic E-state index is 0.0406. The molecule has 1 aliphatic heterocycles. The molecule has 7 heteroatoms. The van der Waals surface area contributed by atoms with Crippen LogP contribution in [-0.2, 0) is 14.8 Å². The van der Waals surface area contributed by atoms with Crippen LogP contribution < -0.4 is 5.32 Å². The van der Waals surface area contributed by atoms with Gasteiger partial charge >= 0.3 is 0 Å². The van der Waals surface area contributed by atoms with E-state index in [4.69, 9.17) is 4.74 Å². The number of hydrogen-bond donors (Lipinski definition) is 1. The van der Waals surface area contributed by atoms with Crippen molar-refractivity contribution in [3.63, 3.8) is 0 Å². The third kappa shape index (κ3) is 4.27. The Morgan fingerprint density at radius 2 is 2.04 bits per heavy atom. The molecule has 6 nitrogen and oxygen atoms in total. The second-order valence-electron chi connectivity index (χ2n) is 7.18. The summed E-state index contributed by atoms with van der Waals surface area (Å²) in [5, 5.41) is 2.96. The lowest BCUT2D eigenvalue weighted by Gasteiger charge is -2.34. The number of rotatable bonds is 7. The number of hydrogen-bond acceptors (Lipinski definition) is 4.